The van der Waals surface area contributed by atoms with Crippen molar-refractivity contribution in [2.24, 2.45) is 0 Å². The summed E-state index contributed by atoms with van der Waals surface area (Å²) in [6.45, 7) is 0. The van der Waals surface area contributed by atoms with Gasteiger partial charge in [-0.05, 0) is 35.7 Å². The molecule has 2 rings (SSSR count). The molecule has 1 aromatic carbocycles. The fourth-order valence-electron chi connectivity index (χ4n) is 1.79. The first-order valence-electron chi connectivity index (χ1n) is 5.60. The van der Waals surface area contributed by atoms with Crippen molar-refractivity contribution >= 4 is 0 Å². The number of aliphatic hydroxyl groups excluding tert-OH is 1. The van der Waals surface area contributed by atoms with E-state index in [0.29, 0.717) is 12.8 Å². The quantitative estimate of drug-likeness (QED) is 0.861. The summed E-state index contributed by atoms with van der Waals surface area (Å²) in [6, 6.07) is 9.62. The first-order valence-corrected chi connectivity index (χ1v) is 5.60. The van der Waals surface area contributed by atoms with Gasteiger partial charge in [-0.3, -0.25) is 0 Å². The first kappa shape index (κ1) is 11.7. The van der Waals surface area contributed by atoms with Gasteiger partial charge in [0.1, 0.15) is 5.75 Å². The molecular weight excluding hydrogens is 216 g/mol. The van der Waals surface area contributed by atoms with E-state index in [1.165, 1.54) is 0 Å². The summed E-state index contributed by atoms with van der Waals surface area (Å²) in [4.78, 5) is 0. The van der Waals surface area contributed by atoms with E-state index in [1.54, 1.807) is 19.6 Å². The summed E-state index contributed by atoms with van der Waals surface area (Å²) >= 11 is 0. The standard InChI is InChI=1S/C14H16O3/c1-16-14-4-2-11(3-5-14)8-13(15)9-12-6-7-17-10-12/h2-7,10,13,15H,8-9H2,1H3. The second-order valence-electron chi connectivity index (χ2n) is 4.04. The number of hydrogen-bond acceptors (Lipinski definition) is 3. The van der Waals surface area contributed by atoms with Gasteiger partial charge in [0.25, 0.3) is 0 Å². The Morgan fingerprint density at radius 2 is 1.82 bits per heavy atom. The molecule has 0 bridgehead atoms. The van der Waals surface area contributed by atoms with Crippen LogP contribution in [0, 0.1) is 0 Å². The summed E-state index contributed by atoms with van der Waals surface area (Å²) in [5, 5.41) is 9.93. The van der Waals surface area contributed by atoms with Crippen LogP contribution in [0.3, 0.4) is 0 Å². The smallest absolute Gasteiger partial charge is 0.118 e. The Morgan fingerprint density at radius 1 is 1.12 bits per heavy atom. The van der Waals surface area contributed by atoms with E-state index >= 15 is 0 Å². The highest BCUT2D eigenvalue weighted by atomic mass is 16.5. The van der Waals surface area contributed by atoms with Crippen LogP contribution in [0.5, 0.6) is 5.75 Å². The third kappa shape index (κ3) is 3.36. The van der Waals surface area contributed by atoms with E-state index < -0.39 is 0 Å². The Bertz CT molecular complexity index is 431. The molecule has 3 nitrogen and oxygen atoms in total. The Morgan fingerprint density at radius 3 is 2.41 bits per heavy atom. The molecule has 0 amide bonds. The minimum absolute atomic E-state index is 0.388. The third-order valence-electron chi connectivity index (χ3n) is 2.68. The lowest BCUT2D eigenvalue weighted by Gasteiger charge is -2.09. The summed E-state index contributed by atoms with van der Waals surface area (Å²) < 4.78 is 10.1. The van der Waals surface area contributed by atoms with Crippen LogP contribution in [0.1, 0.15) is 11.1 Å². The molecule has 0 spiro atoms. The maximum Gasteiger partial charge on any atom is 0.118 e. The Labute approximate surface area is 101 Å². The SMILES string of the molecule is COc1ccc(CC(O)Cc2ccoc2)cc1. The molecule has 0 aliphatic carbocycles. The first-order chi connectivity index (χ1) is 8.28. The van der Waals surface area contributed by atoms with Gasteiger partial charge in [0, 0.05) is 6.42 Å². The minimum atomic E-state index is -0.388. The lowest BCUT2D eigenvalue weighted by atomic mass is 10.0. The molecule has 2 aromatic rings. The third-order valence-corrected chi connectivity index (χ3v) is 2.68. The van der Waals surface area contributed by atoms with Crippen molar-refractivity contribution in [2.75, 3.05) is 7.11 Å². The number of hydrogen-bond donors (Lipinski definition) is 1. The van der Waals surface area contributed by atoms with Crippen LogP contribution < -0.4 is 4.74 Å². The monoisotopic (exact) mass is 232 g/mol. The Kier molecular flexibility index (Phi) is 3.83. The summed E-state index contributed by atoms with van der Waals surface area (Å²) in [7, 11) is 1.64. The molecule has 0 radical (unpaired) electrons. The molecule has 1 aromatic heterocycles. The lowest BCUT2D eigenvalue weighted by molar-refractivity contribution is 0.175. The highest BCUT2D eigenvalue weighted by Crippen LogP contribution is 2.14. The van der Waals surface area contributed by atoms with Gasteiger partial charge >= 0.3 is 0 Å². The molecule has 0 saturated carbocycles. The topological polar surface area (TPSA) is 42.6 Å². The molecule has 1 N–H and O–H groups in total. The maximum atomic E-state index is 9.93. The molecule has 1 atom stereocenters. The van der Waals surface area contributed by atoms with Gasteiger partial charge in [0.15, 0.2) is 0 Å². The summed E-state index contributed by atoms with van der Waals surface area (Å²) in [5.41, 5.74) is 2.12. The number of methoxy groups -OCH3 is 1. The van der Waals surface area contributed by atoms with Crippen molar-refractivity contribution in [3.05, 3.63) is 54.0 Å². The molecule has 1 unspecified atom stereocenters. The fraction of sp³-hybridized carbons (Fsp3) is 0.286. The van der Waals surface area contributed by atoms with Crippen LogP contribution in [0.15, 0.2) is 47.3 Å². The fourth-order valence-corrected chi connectivity index (χ4v) is 1.79. The van der Waals surface area contributed by atoms with E-state index in [2.05, 4.69) is 0 Å². The zero-order valence-electron chi connectivity index (χ0n) is 9.80. The van der Waals surface area contributed by atoms with Crippen molar-refractivity contribution in [2.45, 2.75) is 18.9 Å². The highest BCUT2D eigenvalue weighted by Gasteiger charge is 2.07. The average molecular weight is 232 g/mol. The lowest BCUT2D eigenvalue weighted by Crippen LogP contribution is -2.13. The van der Waals surface area contributed by atoms with Crippen molar-refractivity contribution in [3.8, 4) is 5.75 Å². The zero-order chi connectivity index (χ0) is 12.1. The van der Waals surface area contributed by atoms with Crippen molar-refractivity contribution in [3.63, 3.8) is 0 Å². The Hall–Kier alpha value is -1.74. The molecule has 0 aliphatic heterocycles. The molecule has 3 heteroatoms. The van der Waals surface area contributed by atoms with Crippen molar-refractivity contribution in [1.29, 1.82) is 0 Å². The summed E-state index contributed by atoms with van der Waals surface area (Å²) in [5.74, 6) is 0.832. The van der Waals surface area contributed by atoms with Crippen molar-refractivity contribution < 1.29 is 14.3 Å². The van der Waals surface area contributed by atoms with Gasteiger partial charge in [-0.1, -0.05) is 12.1 Å². The molecule has 17 heavy (non-hydrogen) atoms. The van der Waals surface area contributed by atoms with Crippen LogP contribution in [0.25, 0.3) is 0 Å². The molecule has 0 saturated heterocycles. The van der Waals surface area contributed by atoms with E-state index in [-0.39, 0.29) is 6.10 Å². The molecule has 90 valence electrons. The molecule has 0 fully saturated rings. The maximum absolute atomic E-state index is 9.93. The predicted molar refractivity (Wildman–Crippen MR) is 65.1 cm³/mol. The zero-order valence-corrected chi connectivity index (χ0v) is 9.80. The number of benzene rings is 1. The number of furan rings is 1. The molecular formula is C14H16O3. The number of rotatable bonds is 5. The van der Waals surface area contributed by atoms with Gasteiger partial charge in [0.2, 0.25) is 0 Å². The second kappa shape index (κ2) is 5.55. The van der Waals surface area contributed by atoms with Gasteiger partial charge in [-0.15, -0.1) is 0 Å². The van der Waals surface area contributed by atoms with Crippen LogP contribution in [0.4, 0.5) is 0 Å². The highest BCUT2D eigenvalue weighted by molar-refractivity contribution is 5.27. The van der Waals surface area contributed by atoms with E-state index in [0.717, 1.165) is 16.9 Å². The second-order valence-corrected chi connectivity index (χ2v) is 4.04. The Balaban J connectivity index is 1.91. The van der Waals surface area contributed by atoms with E-state index in [9.17, 15) is 5.11 Å². The minimum Gasteiger partial charge on any atom is -0.497 e. The largest absolute Gasteiger partial charge is 0.497 e. The molecule has 1 heterocycles. The van der Waals surface area contributed by atoms with Crippen LogP contribution in [-0.2, 0) is 12.8 Å². The van der Waals surface area contributed by atoms with Gasteiger partial charge in [-0.25, -0.2) is 0 Å². The normalized spacial score (nSPS) is 12.4. The average Bonchev–Trinajstić information content (AvgIpc) is 2.82. The van der Waals surface area contributed by atoms with Crippen LogP contribution in [-0.4, -0.2) is 18.3 Å². The number of ether oxygens (including phenoxy) is 1. The van der Waals surface area contributed by atoms with Gasteiger partial charge in [0.05, 0.1) is 25.7 Å². The van der Waals surface area contributed by atoms with Gasteiger partial charge < -0.3 is 14.3 Å². The molecule has 0 aliphatic rings. The van der Waals surface area contributed by atoms with Gasteiger partial charge in [-0.2, -0.15) is 0 Å². The predicted octanol–water partition coefficient (Wildman–Crippen LogP) is 2.43. The van der Waals surface area contributed by atoms with Crippen LogP contribution >= 0.6 is 0 Å². The number of aliphatic hydroxyl groups is 1. The van der Waals surface area contributed by atoms with E-state index in [1.807, 2.05) is 30.3 Å². The summed E-state index contributed by atoms with van der Waals surface area (Å²) in [6.07, 6.45) is 4.14. The van der Waals surface area contributed by atoms with Crippen molar-refractivity contribution in [1.82, 2.24) is 0 Å². The van der Waals surface area contributed by atoms with Crippen LogP contribution in [0.2, 0.25) is 0 Å². The van der Waals surface area contributed by atoms with E-state index in [4.69, 9.17) is 9.15 Å².